The molecule has 7 heteroatoms. The van der Waals surface area contributed by atoms with Crippen LogP contribution in [0.4, 0.5) is 4.39 Å². The van der Waals surface area contributed by atoms with Crippen LogP contribution in [0.2, 0.25) is 0 Å². The van der Waals surface area contributed by atoms with Crippen LogP contribution in [0.15, 0.2) is 97.1 Å². The summed E-state index contributed by atoms with van der Waals surface area (Å²) in [6.07, 6.45) is 6.51. The number of nitrogens with one attached hydrogen (secondary N) is 3. The molecule has 1 atom stereocenters. The van der Waals surface area contributed by atoms with E-state index in [0.29, 0.717) is 25.4 Å². The van der Waals surface area contributed by atoms with Gasteiger partial charge in [0.25, 0.3) is 0 Å². The molecule has 4 aromatic rings. The van der Waals surface area contributed by atoms with Crippen molar-refractivity contribution in [2.45, 2.75) is 82.2 Å². The lowest BCUT2D eigenvalue weighted by Gasteiger charge is -2.43. The van der Waals surface area contributed by atoms with Crippen molar-refractivity contribution in [1.29, 1.82) is 0 Å². The monoisotopic (exact) mass is 679 g/mol. The van der Waals surface area contributed by atoms with Crippen LogP contribution in [0.1, 0.15) is 80.2 Å². The van der Waals surface area contributed by atoms with E-state index in [1.165, 1.54) is 34.4 Å². The normalized spacial score (nSPS) is 15.8. The minimum atomic E-state index is -0.269. The van der Waals surface area contributed by atoms with Gasteiger partial charge in [0.1, 0.15) is 5.82 Å². The lowest BCUT2D eigenvalue weighted by atomic mass is 9.67. The van der Waals surface area contributed by atoms with Crippen LogP contribution in [-0.2, 0) is 28.6 Å². The third-order valence-corrected chi connectivity index (χ3v) is 10.3. The zero-order valence-electron chi connectivity index (χ0n) is 30.2. The zero-order valence-corrected chi connectivity index (χ0v) is 30.2. The van der Waals surface area contributed by atoms with Crippen LogP contribution in [0, 0.1) is 5.82 Å². The van der Waals surface area contributed by atoms with E-state index in [1.54, 1.807) is 26.4 Å². The molecule has 50 heavy (non-hydrogen) atoms. The van der Waals surface area contributed by atoms with Crippen LogP contribution in [-0.4, -0.2) is 45.8 Å². The fourth-order valence-corrected chi connectivity index (χ4v) is 7.64. The predicted molar refractivity (Wildman–Crippen MR) is 201 cm³/mol. The van der Waals surface area contributed by atoms with Gasteiger partial charge in [-0.3, -0.25) is 4.79 Å². The molecule has 6 nitrogen and oxygen atoms in total. The molecular formula is C43H54FN3O3. The van der Waals surface area contributed by atoms with Crippen molar-refractivity contribution in [2.24, 2.45) is 0 Å². The molecule has 0 bridgehead atoms. The van der Waals surface area contributed by atoms with Crippen molar-refractivity contribution in [1.82, 2.24) is 16.0 Å². The smallest absolute Gasteiger partial charge is 0.220 e. The molecule has 3 N–H and O–H groups in total. The van der Waals surface area contributed by atoms with E-state index in [9.17, 15) is 9.18 Å². The van der Waals surface area contributed by atoms with E-state index in [4.69, 9.17) is 9.47 Å². The summed E-state index contributed by atoms with van der Waals surface area (Å²) in [5.41, 5.74) is 5.64. The number of halogens is 1. The number of aryl methyl sites for hydroxylation is 1. The van der Waals surface area contributed by atoms with Crippen molar-refractivity contribution < 1.29 is 18.7 Å². The molecule has 0 fully saturated rings. The quantitative estimate of drug-likeness (QED) is 0.0935. The number of fused-ring (bicyclic) bond motifs is 1. The number of ether oxygens (including phenoxy) is 2. The molecule has 0 radical (unpaired) electrons. The number of amides is 1. The fraction of sp³-hybridized carbons (Fsp3) is 0.419. The Balaban J connectivity index is 1.37. The van der Waals surface area contributed by atoms with Crippen molar-refractivity contribution in [2.75, 3.05) is 33.9 Å². The third-order valence-electron chi connectivity index (χ3n) is 10.3. The van der Waals surface area contributed by atoms with Crippen molar-refractivity contribution in [3.05, 3.63) is 131 Å². The number of rotatable bonds is 18. The first-order chi connectivity index (χ1) is 24.3. The molecule has 1 aliphatic rings. The largest absolute Gasteiger partial charge is 0.493 e. The summed E-state index contributed by atoms with van der Waals surface area (Å²) in [6, 6.07) is 32.8. The molecule has 1 unspecified atom stereocenters. The summed E-state index contributed by atoms with van der Waals surface area (Å²) in [4.78, 5) is 12.8. The van der Waals surface area contributed by atoms with Crippen LogP contribution >= 0.6 is 0 Å². The van der Waals surface area contributed by atoms with Gasteiger partial charge >= 0.3 is 0 Å². The Morgan fingerprint density at radius 2 is 1.50 bits per heavy atom. The minimum absolute atomic E-state index is 0.0213. The molecule has 0 saturated carbocycles. The highest BCUT2D eigenvalue weighted by Gasteiger charge is 2.39. The molecule has 0 saturated heterocycles. The number of methoxy groups -OCH3 is 2. The second kappa shape index (κ2) is 17.6. The summed E-state index contributed by atoms with van der Waals surface area (Å²) in [7, 11) is 3.40. The molecule has 0 aliphatic carbocycles. The van der Waals surface area contributed by atoms with Crippen molar-refractivity contribution >= 4 is 5.91 Å². The zero-order chi connectivity index (χ0) is 35.4. The molecule has 4 aromatic carbocycles. The first-order valence-electron chi connectivity index (χ1n) is 18.1. The van der Waals surface area contributed by atoms with Gasteiger partial charge in [-0.2, -0.15) is 0 Å². The van der Waals surface area contributed by atoms with Crippen LogP contribution in [0.5, 0.6) is 11.5 Å². The lowest BCUT2D eigenvalue weighted by Crippen LogP contribution is -2.54. The Labute approximate surface area is 298 Å². The summed E-state index contributed by atoms with van der Waals surface area (Å²) < 4.78 is 24.8. The topological polar surface area (TPSA) is 71.6 Å². The number of hydrogen-bond acceptors (Lipinski definition) is 5. The van der Waals surface area contributed by atoms with Crippen molar-refractivity contribution in [3.63, 3.8) is 0 Å². The van der Waals surface area contributed by atoms with Gasteiger partial charge in [0, 0.05) is 37.5 Å². The van der Waals surface area contributed by atoms with Gasteiger partial charge in [0.2, 0.25) is 5.91 Å². The van der Waals surface area contributed by atoms with E-state index in [-0.39, 0.29) is 22.7 Å². The van der Waals surface area contributed by atoms with E-state index in [2.05, 4.69) is 103 Å². The average molecular weight is 680 g/mol. The molecular weight excluding hydrogens is 625 g/mol. The van der Waals surface area contributed by atoms with Crippen LogP contribution in [0.3, 0.4) is 0 Å². The van der Waals surface area contributed by atoms with Crippen LogP contribution < -0.4 is 25.4 Å². The maximum atomic E-state index is 13.3. The molecule has 1 aliphatic heterocycles. The summed E-state index contributed by atoms with van der Waals surface area (Å²) >= 11 is 0. The standard InChI is InChI=1S/C43H54FN3O3/c1-32(2)46-31-43(38-30-40(50-4)39(49-3)29-34(38)23-28-47-43)26-11-24-42(35-13-7-5-8-14-35,36-15-9-6-10-16-36)25-12-27-45-41(48)22-19-33-17-20-37(44)21-18-33/h5-10,13-18,20-21,29-30,32,46-47H,11-12,19,22-28,31H2,1-4H3,(H,45,48). The maximum Gasteiger partial charge on any atom is 0.220 e. The first-order valence-corrected chi connectivity index (χ1v) is 18.1. The second-order valence-corrected chi connectivity index (χ2v) is 13.9. The molecule has 1 amide bonds. The number of carbonyl (C=O) groups is 1. The maximum absolute atomic E-state index is 13.3. The van der Waals surface area contributed by atoms with Gasteiger partial charge in [0.15, 0.2) is 11.5 Å². The van der Waals surface area contributed by atoms with Gasteiger partial charge in [-0.15, -0.1) is 0 Å². The highest BCUT2D eigenvalue weighted by Crippen LogP contribution is 2.44. The SMILES string of the molecule is COc1cc2c(cc1OC)C(CCCC(CCCNC(=O)CCc1ccc(F)cc1)(c1ccccc1)c1ccccc1)(CNC(C)C)NCC2. The Bertz CT molecular complexity index is 1610. The summed E-state index contributed by atoms with van der Waals surface area (Å²) in [5, 5.41) is 10.9. The number of carbonyl (C=O) groups excluding carboxylic acids is 1. The molecule has 0 aromatic heterocycles. The van der Waals surface area contributed by atoms with Gasteiger partial charge in [0.05, 0.1) is 19.8 Å². The number of hydrogen-bond donors (Lipinski definition) is 3. The molecule has 1 heterocycles. The summed E-state index contributed by atoms with van der Waals surface area (Å²) in [5.74, 6) is 1.29. The van der Waals surface area contributed by atoms with E-state index >= 15 is 0 Å². The van der Waals surface area contributed by atoms with Gasteiger partial charge in [-0.05, 0) is 97.0 Å². The first kappa shape index (κ1) is 37.1. The van der Waals surface area contributed by atoms with E-state index < -0.39 is 0 Å². The van der Waals surface area contributed by atoms with Gasteiger partial charge < -0.3 is 25.4 Å². The van der Waals surface area contributed by atoms with Crippen molar-refractivity contribution in [3.8, 4) is 11.5 Å². The Morgan fingerprint density at radius 1 is 0.880 bits per heavy atom. The van der Waals surface area contributed by atoms with E-state index in [1.807, 2.05) is 0 Å². The average Bonchev–Trinajstić information content (AvgIpc) is 3.15. The van der Waals surface area contributed by atoms with Crippen LogP contribution in [0.25, 0.3) is 0 Å². The number of benzene rings is 4. The molecule has 266 valence electrons. The molecule has 5 rings (SSSR count). The van der Waals surface area contributed by atoms with E-state index in [0.717, 1.165) is 68.7 Å². The van der Waals surface area contributed by atoms with Gasteiger partial charge in [-0.1, -0.05) is 86.6 Å². The minimum Gasteiger partial charge on any atom is -0.493 e. The Kier molecular flexibility index (Phi) is 13.1. The fourth-order valence-electron chi connectivity index (χ4n) is 7.64. The lowest BCUT2D eigenvalue weighted by molar-refractivity contribution is -0.121. The third kappa shape index (κ3) is 9.12. The second-order valence-electron chi connectivity index (χ2n) is 13.9. The Morgan fingerprint density at radius 3 is 2.12 bits per heavy atom. The highest BCUT2D eigenvalue weighted by atomic mass is 19.1. The predicted octanol–water partition coefficient (Wildman–Crippen LogP) is 7.87. The van der Waals surface area contributed by atoms with Gasteiger partial charge in [-0.25, -0.2) is 4.39 Å². The summed E-state index contributed by atoms with van der Waals surface area (Å²) in [6.45, 7) is 6.70. The molecule has 0 spiro atoms. The highest BCUT2D eigenvalue weighted by molar-refractivity contribution is 5.76. The Hall–Kier alpha value is -4.20.